The number of anilines is 1. The van der Waals surface area contributed by atoms with Crippen LogP contribution in [-0.2, 0) is 4.79 Å². The lowest BCUT2D eigenvalue weighted by Crippen LogP contribution is -2.50. The first-order valence-electron chi connectivity index (χ1n) is 5.86. The molecule has 0 radical (unpaired) electrons. The second-order valence-corrected chi connectivity index (χ2v) is 5.77. The molecule has 0 unspecified atom stereocenters. The van der Waals surface area contributed by atoms with Crippen LogP contribution in [0.15, 0.2) is 18.2 Å². The van der Waals surface area contributed by atoms with Gasteiger partial charge >= 0.3 is 12.0 Å². The highest BCUT2D eigenvalue weighted by Crippen LogP contribution is 2.21. The van der Waals surface area contributed by atoms with Crippen LogP contribution >= 0.6 is 11.6 Å². The Morgan fingerprint density at radius 2 is 1.95 bits per heavy atom. The molecule has 0 saturated heterocycles. The summed E-state index contributed by atoms with van der Waals surface area (Å²) in [6, 6.07) is 1.96. The van der Waals surface area contributed by atoms with Gasteiger partial charge in [0, 0.05) is 5.69 Å². The van der Waals surface area contributed by atoms with Gasteiger partial charge in [0.15, 0.2) is 0 Å². The normalized spacial score (nSPS) is 12.7. The summed E-state index contributed by atoms with van der Waals surface area (Å²) in [7, 11) is 0. The fraction of sp³-hybridized carbons (Fsp3) is 0.385. The van der Waals surface area contributed by atoms with E-state index >= 15 is 0 Å². The predicted molar refractivity (Wildman–Crippen MR) is 74.4 cm³/mol. The first-order chi connectivity index (χ1) is 9.11. The number of benzene rings is 1. The van der Waals surface area contributed by atoms with Gasteiger partial charge in [-0.25, -0.2) is 14.0 Å². The fourth-order valence-corrected chi connectivity index (χ4v) is 1.64. The van der Waals surface area contributed by atoms with Crippen molar-refractivity contribution < 1.29 is 19.1 Å². The molecule has 3 N–H and O–H groups in total. The molecular formula is C13H16ClFN2O3. The van der Waals surface area contributed by atoms with Crippen LogP contribution in [-0.4, -0.2) is 23.1 Å². The molecule has 0 bridgehead atoms. The molecule has 0 spiro atoms. The molecule has 5 nitrogen and oxygen atoms in total. The molecule has 2 amide bonds. The van der Waals surface area contributed by atoms with E-state index in [1.54, 1.807) is 20.8 Å². The van der Waals surface area contributed by atoms with Crippen LogP contribution in [0.25, 0.3) is 0 Å². The molecule has 110 valence electrons. The number of hydrogen-bond acceptors (Lipinski definition) is 2. The van der Waals surface area contributed by atoms with Gasteiger partial charge in [-0.2, -0.15) is 0 Å². The number of carboxylic acid groups (broad SMARTS) is 1. The van der Waals surface area contributed by atoms with Gasteiger partial charge in [-0.15, -0.1) is 0 Å². The smallest absolute Gasteiger partial charge is 0.326 e. The highest BCUT2D eigenvalue weighted by atomic mass is 35.5. The fourth-order valence-electron chi connectivity index (χ4n) is 1.52. The molecule has 20 heavy (non-hydrogen) atoms. The number of nitrogens with one attached hydrogen (secondary N) is 2. The van der Waals surface area contributed by atoms with Crippen molar-refractivity contribution >= 4 is 29.3 Å². The summed E-state index contributed by atoms with van der Waals surface area (Å²) in [5.41, 5.74) is -0.475. The lowest BCUT2D eigenvalue weighted by molar-refractivity contribution is -0.141. The van der Waals surface area contributed by atoms with E-state index in [0.29, 0.717) is 0 Å². The molecule has 1 aromatic carbocycles. The van der Waals surface area contributed by atoms with Gasteiger partial charge in [-0.05, 0) is 23.6 Å². The molecule has 0 aliphatic heterocycles. The quantitative estimate of drug-likeness (QED) is 0.803. The van der Waals surface area contributed by atoms with Crippen LogP contribution in [0, 0.1) is 11.2 Å². The van der Waals surface area contributed by atoms with Crippen LogP contribution in [0.1, 0.15) is 20.8 Å². The topological polar surface area (TPSA) is 78.4 Å². The maximum absolute atomic E-state index is 13.2. The number of halogens is 2. The van der Waals surface area contributed by atoms with Gasteiger partial charge in [0.2, 0.25) is 0 Å². The molecule has 7 heteroatoms. The third kappa shape index (κ3) is 4.38. The first kappa shape index (κ1) is 16.2. The molecule has 0 fully saturated rings. The number of urea groups is 1. The van der Waals surface area contributed by atoms with Gasteiger partial charge in [0.1, 0.15) is 11.9 Å². The highest BCUT2D eigenvalue weighted by Gasteiger charge is 2.32. The monoisotopic (exact) mass is 302 g/mol. The van der Waals surface area contributed by atoms with Crippen LogP contribution < -0.4 is 10.6 Å². The minimum atomic E-state index is -1.14. The maximum atomic E-state index is 13.2. The zero-order chi connectivity index (χ0) is 15.5. The number of rotatable bonds is 3. The van der Waals surface area contributed by atoms with Gasteiger partial charge in [-0.3, -0.25) is 0 Å². The summed E-state index contributed by atoms with van der Waals surface area (Å²) < 4.78 is 13.2. The summed E-state index contributed by atoms with van der Waals surface area (Å²) in [5, 5.41) is 13.7. The molecule has 0 saturated carbocycles. The summed E-state index contributed by atoms with van der Waals surface area (Å²) in [4.78, 5) is 22.8. The Bertz CT molecular complexity index is 529. The third-order valence-corrected chi connectivity index (χ3v) is 2.87. The predicted octanol–water partition coefficient (Wildman–Crippen LogP) is 3.10. The molecule has 0 aromatic heterocycles. The van der Waals surface area contributed by atoms with Gasteiger partial charge < -0.3 is 15.7 Å². The van der Waals surface area contributed by atoms with Crippen molar-refractivity contribution in [2.75, 3.05) is 5.32 Å². The van der Waals surface area contributed by atoms with Crippen molar-refractivity contribution in [2.24, 2.45) is 5.41 Å². The summed E-state index contributed by atoms with van der Waals surface area (Å²) >= 11 is 5.52. The van der Waals surface area contributed by atoms with Crippen molar-refractivity contribution in [3.63, 3.8) is 0 Å². The van der Waals surface area contributed by atoms with Crippen molar-refractivity contribution in [1.29, 1.82) is 0 Å². The Kier molecular flexibility index (Phi) is 4.94. The van der Waals surface area contributed by atoms with E-state index in [0.717, 1.165) is 6.07 Å². The van der Waals surface area contributed by atoms with Crippen molar-refractivity contribution in [3.05, 3.63) is 29.0 Å². The average molecular weight is 303 g/mol. The van der Waals surface area contributed by atoms with Gasteiger partial charge in [-0.1, -0.05) is 32.4 Å². The Balaban J connectivity index is 2.76. The molecular weight excluding hydrogens is 287 g/mol. The van der Waals surface area contributed by atoms with E-state index in [2.05, 4.69) is 10.6 Å². The van der Waals surface area contributed by atoms with Crippen molar-refractivity contribution in [2.45, 2.75) is 26.8 Å². The number of amides is 2. The molecule has 0 heterocycles. The summed E-state index contributed by atoms with van der Waals surface area (Å²) in [6.07, 6.45) is 0. The molecule has 0 aliphatic carbocycles. The minimum Gasteiger partial charge on any atom is -0.480 e. The number of carboxylic acids is 1. The molecule has 0 aliphatic rings. The lowest BCUT2D eigenvalue weighted by atomic mass is 9.87. The summed E-state index contributed by atoms with van der Waals surface area (Å²) in [5.74, 6) is -1.81. The number of carbonyl (C=O) groups excluding carboxylic acids is 1. The second-order valence-electron chi connectivity index (χ2n) is 5.36. The standard InChI is InChI=1S/C13H16ClFN2O3/c1-13(2,3)10(11(18)19)17-12(20)16-7-4-5-8(14)9(15)6-7/h4-6,10H,1-3H3,(H,18,19)(H2,16,17,20)/t10-/m1/s1. The van der Waals surface area contributed by atoms with Gasteiger partial charge in [0.05, 0.1) is 5.02 Å². The Labute approximate surface area is 121 Å². The third-order valence-electron chi connectivity index (χ3n) is 2.57. The van der Waals surface area contributed by atoms with E-state index in [4.69, 9.17) is 16.7 Å². The van der Waals surface area contributed by atoms with Crippen LogP contribution in [0.3, 0.4) is 0 Å². The minimum absolute atomic E-state index is 0.0611. The zero-order valence-electron chi connectivity index (χ0n) is 11.3. The molecule has 1 rings (SSSR count). The number of carbonyl (C=O) groups is 2. The Morgan fingerprint density at radius 3 is 2.40 bits per heavy atom. The molecule has 1 atom stereocenters. The largest absolute Gasteiger partial charge is 0.480 e. The number of hydrogen-bond donors (Lipinski definition) is 3. The van der Waals surface area contributed by atoms with E-state index in [-0.39, 0.29) is 10.7 Å². The SMILES string of the molecule is CC(C)(C)[C@H](NC(=O)Nc1ccc(Cl)c(F)c1)C(=O)O. The highest BCUT2D eigenvalue weighted by molar-refractivity contribution is 6.30. The van der Waals surface area contributed by atoms with Crippen molar-refractivity contribution in [1.82, 2.24) is 5.32 Å². The average Bonchev–Trinajstić information content (AvgIpc) is 2.29. The van der Waals surface area contributed by atoms with E-state index < -0.39 is 29.3 Å². The van der Waals surface area contributed by atoms with Crippen LogP contribution in [0.4, 0.5) is 14.9 Å². The second kappa shape index (κ2) is 6.09. The molecule has 1 aromatic rings. The maximum Gasteiger partial charge on any atom is 0.326 e. The Hall–Kier alpha value is -1.82. The van der Waals surface area contributed by atoms with E-state index in [1.165, 1.54) is 12.1 Å². The van der Waals surface area contributed by atoms with Crippen LogP contribution in [0.5, 0.6) is 0 Å². The van der Waals surface area contributed by atoms with Crippen LogP contribution in [0.2, 0.25) is 5.02 Å². The van der Waals surface area contributed by atoms with Crippen molar-refractivity contribution in [3.8, 4) is 0 Å². The first-order valence-corrected chi connectivity index (χ1v) is 6.24. The van der Waals surface area contributed by atoms with E-state index in [1.807, 2.05) is 0 Å². The van der Waals surface area contributed by atoms with Gasteiger partial charge in [0.25, 0.3) is 0 Å². The van der Waals surface area contributed by atoms with E-state index in [9.17, 15) is 14.0 Å². The zero-order valence-corrected chi connectivity index (χ0v) is 12.1. The Morgan fingerprint density at radius 1 is 1.35 bits per heavy atom. The summed E-state index contributed by atoms with van der Waals surface area (Å²) in [6.45, 7) is 5.07. The number of aliphatic carboxylic acids is 1. The lowest BCUT2D eigenvalue weighted by Gasteiger charge is -2.27.